The predicted molar refractivity (Wildman–Crippen MR) is 169 cm³/mol. The predicted octanol–water partition coefficient (Wildman–Crippen LogP) is 3.29. The second-order valence-corrected chi connectivity index (χ2v) is 12.5. The van der Waals surface area contributed by atoms with Gasteiger partial charge in [0.25, 0.3) is 5.91 Å². The number of hydrogen-bond donors (Lipinski definition) is 3. The van der Waals surface area contributed by atoms with Crippen LogP contribution in [0.3, 0.4) is 0 Å². The Kier molecular flexibility index (Phi) is 9.63. The minimum atomic E-state index is -0.678. The molecule has 1 unspecified atom stereocenters. The summed E-state index contributed by atoms with van der Waals surface area (Å²) in [6.07, 6.45) is 6.73. The van der Waals surface area contributed by atoms with Gasteiger partial charge in [-0.25, -0.2) is 9.97 Å². The van der Waals surface area contributed by atoms with Gasteiger partial charge in [0.15, 0.2) is 12.2 Å². The van der Waals surface area contributed by atoms with Gasteiger partial charge in [0.1, 0.15) is 24.0 Å². The van der Waals surface area contributed by atoms with Gasteiger partial charge in [0.2, 0.25) is 0 Å². The van der Waals surface area contributed by atoms with Crippen molar-refractivity contribution in [1.29, 1.82) is 0 Å². The molecular formula is C33H45N7O4. The summed E-state index contributed by atoms with van der Waals surface area (Å²) in [6.45, 7) is 10.8. The fourth-order valence-corrected chi connectivity index (χ4v) is 6.09. The molecule has 1 atom stereocenters. The number of ether oxygens (including phenoxy) is 1. The molecule has 6 rings (SSSR count). The number of fused-ring (bicyclic) bond motifs is 1. The van der Waals surface area contributed by atoms with E-state index in [9.17, 15) is 9.90 Å². The van der Waals surface area contributed by atoms with Crippen molar-refractivity contribution < 1.29 is 19.1 Å². The number of nitrogens with zero attached hydrogens (tertiary/aromatic N) is 5. The van der Waals surface area contributed by atoms with E-state index in [4.69, 9.17) is 14.1 Å². The van der Waals surface area contributed by atoms with E-state index in [0.29, 0.717) is 36.6 Å². The largest absolute Gasteiger partial charge is 0.486 e. The second-order valence-electron chi connectivity index (χ2n) is 12.5. The molecule has 11 nitrogen and oxygen atoms in total. The first-order valence-electron chi connectivity index (χ1n) is 16.0. The number of carbonyl (C=O) groups excluding carboxylic acids is 1. The number of benzene rings is 1. The first-order chi connectivity index (χ1) is 21.4. The maximum atomic E-state index is 13.3. The smallest absolute Gasteiger partial charge is 0.251 e. The number of β-amino-alcohol motifs (C(OH)–C–C–N with tert-alkyl or cyclic N) is 1. The van der Waals surface area contributed by atoms with E-state index < -0.39 is 6.10 Å². The van der Waals surface area contributed by atoms with Gasteiger partial charge in [-0.15, -0.1) is 0 Å². The van der Waals surface area contributed by atoms with Crippen LogP contribution in [0.5, 0.6) is 5.75 Å². The quantitative estimate of drug-likeness (QED) is 0.285. The van der Waals surface area contributed by atoms with E-state index in [1.54, 1.807) is 6.20 Å². The number of anilines is 2. The lowest BCUT2D eigenvalue weighted by Gasteiger charge is -2.37. The molecule has 0 radical (unpaired) electrons. The summed E-state index contributed by atoms with van der Waals surface area (Å²) < 4.78 is 11.1. The molecule has 3 aromatic rings. The molecule has 0 bridgehead atoms. The Bertz CT molecular complexity index is 1390. The third-order valence-corrected chi connectivity index (χ3v) is 9.00. The lowest BCUT2D eigenvalue weighted by Crippen LogP contribution is -2.49. The molecule has 11 heteroatoms. The molecular weight excluding hydrogens is 558 g/mol. The Hall–Kier alpha value is -3.67. The van der Waals surface area contributed by atoms with Crippen LogP contribution in [0, 0.1) is 0 Å². The van der Waals surface area contributed by atoms with E-state index in [1.165, 1.54) is 23.9 Å². The standard InChI is InChI=1S/C33H45N7O4/c1-23(2)39-10-12-40(13-11-39)32-16-26(15-31(37-32)36-27-4-3-5-27)33(42)35-17-28(41)20-38-9-8-24-14-29(7-6-25(24)19-38)43-21-30-18-34-22-44-30/h6-7,14-16,18,22-23,27-28,41H,3-5,8-13,17,19-21H2,1-2H3,(H,35,42)(H,36,37). The molecule has 236 valence electrons. The van der Waals surface area contributed by atoms with Crippen molar-refractivity contribution >= 4 is 17.5 Å². The minimum absolute atomic E-state index is 0.187. The van der Waals surface area contributed by atoms with Crippen LogP contribution in [-0.4, -0.2) is 94.8 Å². The van der Waals surface area contributed by atoms with Crippen molar-refractivity contribution in [2.45, 2.75) is 70.9 Å². The number of carbonyl (C=O) groups is 1. The van der Waals surface area contributed by atoms with Crippen molar-refractivity contribution in [3.63, 3.8) is 0 Å². The number of rotatable bonds is 12. The van der Waals surface area contributed by atoms with E-state index in [0.717, 1.165) is 75.9 Å². The van der Waals surface area contributed by atoms with Gasteiger partial charge in [0, 0.05) is 70.0 Å². The molecule has 1 aliphatic carbocycles. The molecule has 1 saturated carbocycles. The van der Waals surface area contributed by atoms with E-state index in [1.807, 2.05) is 18.2 Å². The Morgan fingerprint density at radius 2 is 1.95 bits per heavy atom. The van der Waals surface area contributed by atoms with Crippen LogP contribution in [0.2, 0.25) is 0 Å². The number of amides is 1. The summed E-state index contributed by atoms with van der Waals surface area (Å²) >= 11 is 0. The number of hydrogen-bond acceptors (Lipinski definition) is 10. The third-order valence-electron chi connectivity index (χ3n) is 9.00. The lowest BCUT2D eigenvalue weighted by atomic mass is 9.93. The zero-order chi connectivity index (χ0) is 30.5. The average Bonchev–Trinajstić information content (AvgIpc) is 3.54. The summed E-state index contributed by atoms with van der Waals surface area (Å²) in [6, 6.07) is 10.8. The van der Waals surface area contributed by atoms with Gasteiger partial charge in [-0.3, -0.25) is 14.6 Å². The first-order valence-corrected chi connectivity index (χ1v) is 16.0. The summed E-state index contributed by atoms with van der Waals surface area (Å²) in [5, 5.41) is 17.4. The van der Waals surface area contributed by atoms with Crippen LogP contribution in [0.15, 0.2) is 47.3 Å². The highest BCUT2D eigenvalue weighted by Crippen LogP contribution is 2.27. The van der Waals surface area contributed by atoms with Crippen molar-refractivity contribution in [3.8, 4) is 5.75 Å². The fraction of sp³-hybridized carbons (Fsp3) is 0.545. The topological polar surface area (TPSA) is 119 Å². The Balaban J connectivity index is 1.02. The van der Waals surface area contributed by atoms with Gasteiger partial charge < -0.3 is 29.8 Å². The number of aliphatic hydroxyl groups is 1. The summed E-state index contributed by atoms with van der Waals surface area (Å²) in [5.74, 6) is 2.89. The lowest BCUT2D eigenvalue weighted by molar-refractivity contribution is 0.0841. The van der Waals surface area contributed by atoms with E-state index in [-0.39, 0.29) is 12.5 Å². The van der Waals surface area contributed by atoms with Crippen LogP contribution in [0.25, 0.3) is 0 Å². The Morgan fingerprint density at radius 3 is 2.68 bits per heavy atom. The van der Waals surface area contributed by atoms with Crippen LogP contribution in [-0.2, 0) is 19.6 Å². The SMILES string of the molecule is CC(C)N1CCN(c2cc(C(=O)NCC(O)CN3CCc4cc(OCc5cnco5)ccc4C3)cc(NC3CCC3)n2)CC1. The molecule has 1 saturated heterocycles. The zero-order valence-corrected chi connectivity index (χ0v) is 25.9. The van der Waals surface area contributed by atoms with Crippen LogP contribution in [0.1, 0.15) is 60.4 Å². The molecule has 4 heterocycles. The van der Waals surface area contributed by atoms with Gasteiger partial charge >= 0.3 is 0 Å². The zero-order valence-electron chi connectivity index (χ0n) is 25.9. The van der Waals surface area contributed by atoms with Gasteiger partial charge in [-0.05, 0) is 74.9 Å². The minimum Gasteiger partial charge on any atom is -0.486 e. The van der Waals surface area contributed by atoms with Crippen molar-refractivity contribution in [3.05, 3.63) is 65.4 Å². The molecule has 44 heavy (non-hydrogen) atoms. The number of aromatic nitrogens is 2. The monoisotopic (exact) mass is 603 g/mol. The van der Waals surface area contributed by atoms with Crippen LogP contribution in [0.4, 0.5) is 11.6 Å². The highest BCUT2D eigenvalue weighted by Gasteiger charge is 2.24. The normalized spacial score (nSPS) is 18.5. The van der Waals surface area contributed by atoms with Gasteiger partial charge in [-0.1, -0.05) is 6.07 Å². The summed E-state index contributed by atoms with van der Waals surface area (Å²) in [7, 11) is 0. The summed E-state index contributed by atoms with van der Waals surface area (Å²) in [4.78, 5) is 29.1. The van der Waals surface area contributed by atoms with Crippen molar-refractivity contribution in [2.75, 3.05) is 56.0 Å². The maximum Gasteiger partial charge on any atom is 0.251 e. The molecule has 3 aliphatic rings. The van der Waals surface area contributed by atoms with Crippen LogP contribution < -0.4 is 20.3 Å². The van der Waals surface area contributed by atoms with E-state index >= 15 is 0 Å². The van der Waals surface area contributed by atoms with Gasteiger partial charge in [-0.2, -0.15) is 0 Å². The van der Waals surface area contributed by atoms with Crippen molar-refractivity contribution in [2.24, 2.45) is 0 Å². The number of oxazole rings is 1. The Labute approximate surface area is 259 Å². The molecule has 2 aliphatic heterocycles. The average molecular weight is 604 g/mol. The molecule has 1 aromatic carbocycles. The van der Waals surface area contributed by atoms with Crippen molar-refractivity contribution in [1.82, 2.24) is 25.1 Å². The van der Waals surface area contributed by atoms with Crippen LogP contribution >= 0.6 is 0 Å². The summed E-state index contributed by atoms with van der Waals surface area (Å²) in [5.41, 5.74) is 3.05. The maximum absolute atomic E-state index is 13.3. The number of nitrogens with one attached hydrogen (secondary N) is 2. The molecule has 2 fully saturated rings. The number of piperazine rings is 1. The number of pyridine rings is 1. The highest BCUT2D eigenvalue weighted by molar-refractivity contribution is 5.95. The molecule has 0 spiro atoms. The second kappa shape index (κ2) is 14.0. The highest BCUT2D eigenvalue weighted by atomic mass is 16.5. The fourth-order valence-electron chi connectivity index (χ4n) is 6.09. The molecule has 3 N–H and O–H groups in total. The third kappa shape index (κ3) is 7.69. The first kappa shape index (κ1) is 30.4. The van der Waals surface area contributed by atoms with Gasteiger partial charge in [0.05, 0.1) is 12.3 Å². The Morgan fingerprint density at radius 1 is 1.11 bits per heavy atom. The van der Waals surface area contributed by atoms with E-state index in [2.05, 4.69) is 56.3 Å². The molecule has 2 aromatic heterocycles. The molecule has 1 amide bonds. The number of aliphatic hydroxyl groups excluding tert-OH is 1.